The Kier molecular flexibility index (Phi) is 9.68. The molecule has 2 aliphatic rings. The van der Waals surface area contributed by atoms with Gasteiger partial charge >= 0.3 is 5.97 Å². The van der Waals surface area contributed by atoms with Crippen molar-refractivity contribution in [1.82, 2.24) is 4.90 Å². The van der Waals surface area contributed by atoms with Gasteiger partial charge in [0.15, 0.2) is 5.78 Å². The Morgan fingerprint density at radius 3 is 2.23 bits per heavy atom. The molecular weight excluding hydrogens is 492 g/mol. The molecule has 1 aliphatic carbocycles. The molecule has 1 heterocycles. The zero-order valence-corrected chi connectivity index (χ0v) is 22.8. The predicted octanol–water partition coefficient (Wildman–Crippen LogP) is 4.13. The van der Waals surface area contributed by atoms with Crippen molar-refractivity contribution in [2.45, 2.75) is 76.8 Å². The van der Waals surface area contributed by atoms with Crippen molar-refractivity contribution in [3.8, 4) is 0 Å². The van der Waals surface area contributed by atoms with Crippen LogP contribution in [0.15, 0.2) is 54.6 Å². The molecule has 2 aromatic carbocycles. The van der Waals surface area contributed by atoms with Gasteiger partial charge in [-0.15, -0.1) is 0 Å². The van der Waals surface area contributed by atoms with Crippen molar-refractivity contribution >= 4 is 23.4 Å². The molecule has 4 rings (SSSR count). The van der Waals surface area contributed by atoms with E-state index < -0.39 is 29.8 Å². The van der Waals surface area contributed by atoms with Crippen LogP contribution in [-0.2, 0) is 32.0 Å². The number of amides is 1. The molecule has 1 saturated heterocycles. The number of hydrogen-bond donors (Lipinski definition) is 2. The van der Waals surface area contributed by atoms with Crippen molar-refractivity contribution in [1.29, 1.82) is 0 Å². The molecule has 0 radical (unpaired) electrons. The number of rotatable bonds is 12. The van der Waals surface area contributed by atoms with Crippen LogP contribution in [0.5, 0.6) is 0 Å². The normalized spacial score (nSPS) is 22.4. The first kappa shape index (κ1) is 28.7. The summed E-state index contributed by atoms with van der Waals surface area (Å²) in [4.78, 5) is 54.0. The zero-order valence-electron chi connectivity index (χ0n) is 22.8. The number of carboxylic acids is 1. The van der Waals surface area contributed by atoms with Crippen LogP contribution in [0.4, 0.5) is 0 Å². The number of carbonyl (C=O) groups is 4. The number of carbonyl (C=O) groups excluding carboxylic acids is 3. The van der Waals surface area contributed by atoms with Crippen molar-refractivity contribution < 1.29 is 24.3 Å². The van der Waals surface area contributed by atoms with Gasteiger partial charge < -0.3 is 15.7 Å². The number of nitrogens with zero attached hydrogens (tertiary/aromatic N) is 1. The summed E-state index contributed by atoms with van der Waals surface area (Å²) in [6.45, 7) is 2.45. The van der Waals surface area contributed by atoms with Gasteiger partial charge in [-0.3, -0.25) is 19.2 Å². The fourth-order valence-corrected chi connectivity index (χ4v) is 6.30. The third-order valence-electron chi connectivity index (χ3n) is 8.32. The Labute approximate surface area is 230 Å². The molecule has 7 nitrogen and oxygen atoms in total. The lowest BCUT2D eigenvalue weighted by molar-refractivity contribution is -0.148. The molecule has 1 amide bonds. The molecule has 3 N–H and O–H groups in total. The van der Waals surface area contributed by atoms with E-state index in [0.29, 0.717) is 51.5 Å². The van der Waals surface area contributed by atoms with E-state index in [9.17, 15) is 24.3 Å². The number of nitrogens with two attached hydrogens (primary N) is 1. The van der Waals surface area contributed by atoms with Gasteiger partial charge in [0.05, 0.1) is 12.0 Å². The summed E-state index contributed by atoms with van der Waals surface area (Å²) in [5, 5.41) is 9.61. The first-order valence-electron chi connectivity index (χ1n) is 14.2. The average Bonchev–Trinajstić information content (AvgIpc) is 3.60. The topological polar surface area (TPSA) is 118 Å². The highest BCUT2D eigenvalue weighted by atomic mass is 16.4. The van der Waals surface area contributed by atoms with Crippen LogP contribution in [0.3, 0.4) is 0 Å². The highest BCUT2D eigenvalue weighted by Gasteiger charge is 2.45. The van der Waals surface area contributed by atoms with E-state index in [2.05, 4.69) is 0 Å². The minimum absolute atomic E-state index is 0.0623. The number of Topliss-reactive ketones (excluding diaryl/α,β-unsaturated/α-hetero) is 2. The van der Waals surface area contributed by atoms with E-state index in [4.69, 9.17) is 5.73 Å². The van der Waals surface area contributed by atoms with Gasteiger partial charge in [0.2, 0.25) is 5.91 Å². The molecule has 0 spiro atoms. The molecule has 5 atom stereocenters. The van der Waals surface area contributed by atoms with Gasteiger partial charge in [0.25, 0.3) is 0 Å². The van der Waals surface area contributed by atoms with E-state index in [1.54, 1.807) is 4.90 Å². The Balaban J connectivity index is 1.48. The second-order valence-corrected chi connectivity index (χ2v) is 11.4. The fraction of sp³-hybridized carbons (Fsp3) is 0.500. The lowest BCUT2D eigenvalue weighted by Crippen LogP contribution is -2.47. The number of aryl methyl sites for hydroxylation is 1. The highest BCUT2D eigenvalue weighted by Crippen LogP contribution is 2.36. The second kappa shape index (κ2) is 13.2. The first-order chi connectivity index (χ1) is 18.7. The van der Waals surface area contributed by atoms with Crippen molar-refractivity contribution in [2.75, 3.05) is 6.54 Å². The summed E-state index contributed by atoms with van der Waals surface area (Å²) in [6.07, 6.45) is 4.22. The van der Waals surface area contributed by atoms with E-state index in [1.165, 1.54) is 0 Å². The van der Waals surface area contributed by atoms with Crippen LogP contribution >= 0.6 is 0 Å². The summed E-state index contributed by atoms with van der Waals surface area (Å²) in [7, 11) is 0. The summed E-state index contributed by atoms with van der Waals surface area (Å²) >= 11 is 0. The third-order valence-corrected chi connectivity index (χ3v) is 8.32. The van der Waals surface area contributed by atoms with Gasteiger partial charge in [-0.25, -0.2) is 0 Å². The average molecular weight is 533 g/mol. The van der Waals surface area contributed by atoms with Gasteiger partial charge in [0, 0.05) is 37.3 Å². The third kappa shape index (κ3) is 7.41. The number of aliphatic carboxylic acids is 1. The number of benzene rings is 2. The predicted molar refractivity (Wildman–Crippen MR) is 149 cm³/mol. The minimum atomic E-state index is -0.934. The lowest BCUT2D eigenvalue weighted by Gasteiger charge is -2.30. The molecule has 1 unspecified atom stereocenters. The molecule has 0 aromatic heterocycles. The minimum Gasteiger partial charge on any atom is -0.481 e. The molecule has 2 aromatic rings. The van der Waals surface area contributed by atoms with Gasteiger partial charge in [-0.1, -0.05) is 66.6 Å². The van der Waals surface area contributed by atoms with Crippen LogP contribution in [0.1, 0.15) is 61.6 Å². The molecule has 7 heteroatoms. The summed E-state index contributed by atoms with van der Waals surface area (Å²) in [5.41, 5.74) is 9.45. The Morgan fingerprint density at radius 2 is 1.54 bits per heavy atom. The molecule has 1 saturated carbocycles. The van der Waals surface area contributed by atoms with Crippen molar-refractivity contribution in [2.24, 2.45) is 23.5 Å². The molecule has 39 heavy (non-hydrogen) atoms. The fourth-order valence-electron chi connectivity index (χ4n) is 6.30. The quantitative estimate of drug-likeness (QED) is 0.424. The van der Waals surface area contributed by atoms with Crippen molar-refractivity contribution in [3.05, 3.63) is 71.3 Å². The number of hydrogen-bond acceptors (Lipinski definition) is 5. The van der Waals surface area contributed by atoms with Crippen LogP contribution < -0.4 is 5.73 Å². The van der Waals surface area contributed by atoms with E-state index in [0.717, 1.165) is 16.7 Å². The monoisotopic (exact) mass is 532 g/mol. The Morgan fingerprint density at radius 1 is 0.872 bits per heavy atom. The van der Waals surface area contributed by atoms with Gasteiger partial charge in [-0.2, -0.15) is 0 Å². The summed E-state index contributed by atoms with van der Waals surface area (Å²) < 4.78 is 0. The Bertz CT molecular complexity index is 1160. The number of likely N-dealkylation sites (tertiary alicyclic amines) is 1. The smallest absolute Gasteiger partial charge is 0.307 e. The maximum atomic E-state index is 13.9. The van der Waals surface area contributed by atoms with E-state index in [1.807, 2.05) is 61.5 Å². The number of carboxylic acid groups (broad SMARTS) is 1. The van der Waals surface area contributed by atoms with Crippen molar-refractivity contribution in [3.63, 3.8) is 0 Å². The van der Waals surface area contributed by atoms with Gasteiger partial charge in [0.1, 0.15) is 5.78 Å². The molecular formula is C32H40N2O5. The van der Waals surface area contributed by atoms with Crippen LogP contribution in [-0.4, -0.2) is 52.1 Å². The van der Waals surface area contributed by atoms with Crippen LogP contribution in [0.2, 0.25) is 0 Å². The van der Waals surface area contributed by atoms with Crippen LogP contribution in [0.25, 0.3) is 0 Å². The maximum absolute atomic E-state index is 13.9. The molecule has 1 aliphatic heterocycles. The van der Waals surface area contributed by atoms with Crippen LogP contribution in [0, 0.1) is 24.7 Å². The molecule has 2 fully saturated rings. The van der Waals surface area contributed by atoms with E-state index >= 15 is 0 Å². The maximum Gasteiger partial charge on any atom is 0.307 e. The molecule has 0 bridgehead atoms. The Hall–Kier alpha value is -3.32. The van der Waals surface area contributed by atoms with Gasteiger partial charge in [-0.05, 0) is 56.6 Å². The SMILES string of the molecule is Cc1ccc(C[C@H](CC(=O)C[C@@H](N)Cc2ccccc2)C(=O)N2CCC[C@H]2C(=O)C2CCC[C@H]2C(=O)O)cc1. The number of ketones is 2. The highest BCUT2D eigenvalue weighted by molar-refractivity contribution is 5.95. The second-order valence-electron chi connectivity index (χ2n) is 11.4. The lowest BCUT2D eigenvalue weighted by atomic mass is 9.86. The standard InChI is InChI=1S/C32H40N2O5/c1-21-12-14-23(15-13-21)17-24(19-26(35)20-25(33)18-22-7-3-2-4-8-22)31(37)34-16-6-11-29(34)30(36)27-9-5-10-28(27)32(38)39/h2-4,7-8,12-15,24-25,27-29H,5-6,9-11,16-20,33H2,1H3,(H,38,39)/t24-,25+,27?,28-,29+/m1/s1. The zero-order chi connectivity index (χ0) is 27.9. The largest absolute Gasteiger partial charge is 0.481 e. The molecule has 208 valence electrons. The van der Waals surface area contributed by atoms with E-state index in [-0.39, 0.29) is 36.4 Å². The first-order valence-corrected chi connectivity index (χ1v) is 14.2. The summed E-state index contributed by atoms with van der Waals surface area (Å²) in [6, 6.07) is 16.8. The summed E-state index contributed by atoms with van der Waals surface area (Å²) in [5.74, 6) is -3.14.